The molecule has 0 aliphatic carbocycles. The van der Waals surface area contributed by atoms with Crippen molar-refractivity contribution in [3.63, 3.8) is 0 Å². The van der Waals surface area contributed by atoms with Gasteiger partial charge in [0.15, 0.2) is 0 Å². The number of rotatable bonds is 12. The van der Waals surface area contributed by atoms with Crippen LogP contribution in [0.4, 0.5) is 0 Å². The predicted octanol–water partition coefficient (Wildman–Crippen LogP) is 2.16. The van der Waals surface area contributed by atoms with Gasteiger partial charge in [-0.05, 0) is 6.42 Å². The minimum atomic E-state index is -1.10. The third kappa shape index (κ3) is 8.30. The topological polar surface area (TPSA) is 55.4 Å². The second-order valence-electron chi connectivity index (χ2n) is 5.12. The molecule has 1 saturated heterocycles. The Morgan fingerprint density at radius 2 is 2.04 bits per heavy atom. The van der Waals surface area contributed by atoms with Crippen molar-refractivity contribution in [2.75, 3.05) is 40.8 Å². The zero-order valence-electron chi connectivity index (χ0n) is 14.2. The fourth-order valence-electron chi connectivity index (χ4n) is 2.14. The molecule has 0 amide bonds. The number of hydrogen-bond donors (Lipinski definition) is 0. The lowest BCUT2D eigenvalue weighted by Crippen LogP contribution is -2.27. The third-order valence-electron chi connectivity index (χ3n) is 3.43. The summed E-state index contributed by atoms with van der Waals surface area (Å²) < 4.78 is 33.0. The van der Waals surface area contributed by atoms with E-state index >= 15 is 0 Å². The largest absolute Gasteiger partial charge is 0.382 e. The second-order valence-corrected chi connectivity index (χ2v) is 9.14. The van der Waals surface area contributed by atoms with Crippen LogP contribution in [-0.2, 0) is 28.0 Å². The van der Waals surface area contributed by atoms with Gasteiger partial charge in [0.25, 0.3) is 0 Å². The summed E-state index contributed by atoms with van der Waals surface area (Å²) in [6.07, 6.45) is 1.24. The maximum Gasteiger partial charge on any atom is 0.238 e. The van der Waals surface area contributed by atoms with E-state index in [0.29, 0.717) is 13.0 Å². The van der Waals surface area contributed by atoms with E-state index in [9.17, 15) is 0 Å². The van der Waals surface area contributed by atoms with Gasteiger partial charge in [-0.15, -0.1) is 9.24 Å². The van der Waals surface area contributed by atoms with Gasteiger partial charge >= 0.3 is 0 Å². The number of methoxy groups -OCH3 is 3. The van der Waals surface area contributed by atoms with Gasteiger partial charge in [0.05, 0.1) is 24.7 Å². The predicted molar refractivity (Wildman–Crippen MR) is 98.1 cm³/mol. The molecule has 1 aliphatic heterocycles. The van der Waals surface area contributed by atoms with Crippen molar-refractivity contribution in [3.05, 3.63) is 0 Å². The third-order valence-corrected chi connectivity index (χ3v) is 7.23. The summed E-state index contributed by atoms with van der Waals surface area (Å²) in [4.78, 5) is 0. The lowest BCUT2D eigenvalue weighted by Gasteiger charge is -2.24. The monoisotopic (exact) mass is 384 g/mol. The van der Waals surface area contributed by atoms with Crippen LogP contribution in [-0.4, -0.2) is 78.8 Å². The fraction of sp³-hybridized carbons (Fsp3) is 1.00. The molecule has 0 saturated carbocycles. The summed E-state index contributed by atoms with van der Waals surface area (Å²) in [7, 11) is 14.1. The Hall–Kier alpha value is 1.03. The molecule has 0 N–H and O–H groups in total. The first-order chi connectivity index (χ1) is 11.0. The summed E-state index contributed by atoms with van der Waals surface area (Å²) in [5.74, 6) is 0.835. The van der Waals surface area contributed by atoms with Crippen molar-refractivity contribution in [2.24, 2.45) is 0 Å². The molecule has 7 atom stereocenters. The lowest BCUT2D eigenvalue weighted by atomic mass is 9.96. The minimum Gasteiger partial charge on any atom is -0.382 e. The normalized spacial score (nSPS) is 28.7. The molecular formula is C13H27BO6P2S. The first-order valence-electron chi connectivity index (χ1n) is 7.39. The molecule has 0 spiro atoms. The van der Waals surface area contributed by atoms with Gasteiger partial charge in [-0.25, -0.2) is 0 Å². The Labute approximate surface area is 148 Å². The van der Waals surface area contributed by atoms with Gasteiger partial charge in [0.2, 0.25) is 7.58 Å². The molecule has 1 heterocycles. The van der Waals surface area contributed by atoms with E-state index < -0.39 is 7.58 Å². The highest BCUT2D eigenvalue weighted by atomic mass is 32.7. The molecule has 0 aromatic rings. The quantitative estimate of drug-likeness (QED) is 0.378. The van der Waals surface area contributed by atoms with E-state index in [1.165, 1.54) is 0 Å². The maximum atomic E-state index is 6.05. The van der Waals surface area contributed by atoms with Crippen LogP contribution in [0, 0.1) is 0 Å². The summed E-state index contributed by atoms with van der Waals surface area (Å²) >= 11 is 1.61. The Kier molecular flexibility index (Phi) is 11.9. The SMILES string of the molecule is [B]C1CC(OP(OC)SC[C@@H](CC(P)OC)OC)C(COC)O1. The summed E-state index contributed by atoms with van der Waals surface area (Å²) in [6, 6.07) is -0.315. The van der Waals surface area contributed by atoms with Crippen molar-refractivity contribution in [1.82, 2.24) is 0 Å². The highest BCUT2D eigenvalue weighted by molar-refractivity contribution is 8.52. The molecule has 1 fully saturated rings. The van der Waals surface area contributed by atoms with Crippen LogP contribution >= 0.6 is 28.2 Å². The van der Waals surface area contributed by atoms with Gasteiger partial charge in [0.1, 0.15) is 14.0 Å². The van der Waals surface area contributed by atoms with E-state index in [1.807, 2.05) is 0 Å². The highest BCUT2D eigenvalue weighted by Gasteiger charge is 2.36. The molecule has 1 rings (SSSR count). The van der Waals surface area contributed by atoms with Crippen LogP contribution in [0.1, 0.15) is 12.8 Å². The Morgan fingerprint density at radius 3 is 2.61 bits per heavy atom. The standard InChI is InChI=1S/C13H27BO6P2S/c1-15-7-11-10(6-12(14)19-11)20-22(18-4)23-8-9(16-2)5-13(21)17-3/h9-13H,5-8,21H2,1-4H3/t9-,10?,11?,12?,13?,22?/m1/s1. The number of ether oxygens (including phenoxy) is 4. The average Bonchev–Trinajstić information content (AvgIpc) is 2.89. The zero-order valence-corrected chi connectivity index (χ0v) is 17.0. The zero-order chi connectivity index (χ0) is 17.2. The van der Waals surface area contributed by atoms with Gasteiger partial charge in [-0.1, -0.05) is 11.4 Å². The molecule has 23 heavy (non-hydrogen) atoms. The van der Waals surface area contributed by atoms with Crippen LogP contribution in [0.25, 0.3) is 0 Å². The van der Waals surface area contributed by atoms with E-state index in [1.54, 1.807) is 39.8 Å². The van der Waals surface area contributed by atoms with Gasteiger partial charge in [-0.2, -0.15) is 0 Å². The van der Waals surface area contributed by atoms with Gasteiger partial charge < -0.3 is 28.0 Å². The van der Waals surface area contributed by atoms with Crippen molar-refractivity contribution < 1.29 is 28.0 Å². The van der Waals surface area contributed by atoms with Crippen LogP contribution in [0.15, 0.2) is 0 Å². The molecule has 6 unspecified atom stereocenters. The van der Waals surface area contributed by atoms with Crippen LogP contribution in [0.3, 0.4) is 0 Å². The second kappa shape index (κ2) is 12.4. The fourth-order valence-corrected chi connectivity index (χ4v) is 5.39. The lowest BCUT2D eigenvalue weighted by molar-refractivity contribution is -0.00964. The molecule has 10 heteroatoms. The van der Waals surface area contributed by atoms with Gasteiger partial charge in [0, 0.05) is 46.6 Å². The summed E-state index contributed by atoms with van der Waals surface area (Å²) in [5.41, 5.74) is 0. The molecule has 134 valence electrons. The molecular weight excluding hydrogens is 357 g/mol. The average molecular weight is 384 g/mol. The summed E-state index contributed by atoms with van der Waals surface area (Å²) in [5, 5.41) is 0. The van der Waals surface area contributed by atoms with E-state index in [0.717, 1.165) is 12.2 Å². The van der Waals surface area contributed by atoms with Crippen molar-refractivity contribution in [3.8, 4) is 0 Å². The van der Waals surface area contributed by atoms with E-state index in [2.05, 4.69) is 9.24 Å². The molecule has 6 nitrogen and oxygen atoms in total. The van der Waals surface area contributed by atoms with Crippen LogP contribution in [0.5, 0.6) is 0 Å². The first-order valence-corrected chi connectivity index (χ1v) is 10.8. The first kappa shape index (κ1) is 22.1. The van der Waals surface area contributed by atoms with Crippen molar-refractivity contribution in [2.45, 2.75) is 43.0 Å². The van der Waals surface area contributed by atoms with E-state index in [-0.39, 0.29) is 30.2 Å². The van der Waals surface area contributed by atoms with Crippen molar-refractivity contribution in [1.29, 1.82) is 0 Å². The number of hydrogen-bond acceptors (Lipinski definition) is 7. The minimum absolute atomic E-state index is 0.0718. The Balaban J connectivity index is 2.43. The highest BCUT2D eigenvalue weighted by Crippen LogP contribution is 2.54. The molecule has 2 radical (unpaired) electrons. The van der Waals surface area contributed by atoms with Crippen LogP contribution < -0.4 is 0 Å². The summed E-state index contributed by atoms with van der Waals surface area (Å²) in [6.45, 7) is 0.458. The Bertz CT molecular complexity index is 320. The Morgan fingerprint density at radius 1 is 1.30 bits per heavy atom. The van der Waals surface area contributed by atoms with E-state index in [4.69, 9.17) is 35.8 Å². The van der Waals surface area contributed by atoms with Crippen LogP contribution in [0.2, 0.25) is 0 Å². The van der Waals surface area contributed by atoms with Gasteiger partial charge in [-0.3, -0.25) is 0 Å². The molecule has 1 aliphatic rings. The van der Waals surface area contributed by atoms with Crippen molar-refractivity contribution >= 4 is 36.0 Å². The smallest absolute Gasteiger partial charge is 0.238 e. The maximum absolute atomic E-state index is 6.05. The molecule has 0 bridgehead atoms. The molecule has 0 aromatic heterocycles. The molecule has 0 aromatic carbocycles.